The minimum atomic E-state index is -1.64. The van der Waals surface area contributed by atoms with Crippen LogP contribution in [0.5, 0.6) is 0 Å². The number of aromatic nitrogens is 4. The summed E-state index contributed by atoms with van der Waals surface area (Å²) in [7, 11) is 0. The van der Waals surface area contributed by atoms with E-state index in [0.717, 1.165) is 4.68 Å². The van der Waals surface area contributed by atoms with Gasteiger partial charge in [0.2, 0.25) is 4.73 Å². The van der Waals surface area contributed by atoms with E-state index in [9.17, 15) is 0 Å². The summed E-state index contributed by atoms with van der Waals surface area (Å²) >= 11 is 19.3. The van der Waals surface area contributed by atoms with Crippen LogP contribution in [0.15, 0.2) is 4.73 Å². The van der Waals surface area contributed by atoms with Crippen molar-refractivity contribution in [2.75, 3.05) is 0 Å². The molecule has 4 nitrogen and oxygen atoms in total. The fraction of sp³-hybridized carbons (Fsp3) is 0.500. The molecule has 0 fully saturated rings. The largest absolute Gasteiger partial charge is 0.290 e. The third-order valence-electron chi connectivity index (χ3n) is 0.672. The Morgan fingerprint density at radius 1 is 1.40 bits per heavy atom. The first-order valence-electron chi connectivity index (χ1n) is 2.03. The van der Waals surface area contributed by atoms with Gasteiger partial charge in [0.25, 0.3) is 3.92 Å². The van der Waals surface area contributed by atoms with Crippen molar-refractivity contribution in [2.24, 2.45) is 0 Å². The van der Waals surface area contributed by atoms with E-state index < -0.39 is 3.92 Å². The molecule has 1 aromatic rings. The number of halogens is 4. The monoisotopic (exact) mass is 264 g/mol. The zero-order chi connectivity index (χ0) is 7.78. The molecule has 0 bridgehead atoms. The van der Waals surface area contributed by atoms with Crippen LogP contribution in [0.4, 0.5) is 0 Å². The Bertz CT molecular complexity index is 229. The van der Waals surface area contributed by atoms with E-state index in [4.69, 9.17) is 34.8 Å². The minimum absolute atomic E-state index is 0.271. The van der Waals surface area contributed by atoms with Crippen LogP contribution in [0.1, 0.15) is 0 Å². The lowest BCUT2D eigenvalue weighted by Gasteiger charge is -2.08. The summed E-state index contributed by atoms with van der Waals surface area (Å²) in [6.07, 6.45) is 0. The number of hydrogen-bond donors (Lipinski definition) is 0. The van der Waals surface area contributed by atoms with Crippen LogP contribution in [0.25, 0.3) is 0 Å². The third kappa shape index (κ3) is 1.72. The van der Waals surface area contributed by atoms with Crippen molar-refractivity contribution >= 4 is 50.7 Å². The zero-order valence-electron chi connectivity index (χ0n) is 4.30. The molecule has 0 radical (unpaired) electrons. The van der Waals surface area contributed by atoms with Gasteiger partial charge in [-0.25, -0.2) is 0 Å². The molecule has 0 atom stereocenters. The molecule has 0 spiro atoms. The molecule has 1 aromatic heterocycles. The maximum absolute atomic E-state index is 5.43. The van der Waals surface area contributed by atoms with Crippen molar-refractivity contribution in [1.82, 2.24) is 20.2 Å². The van der Waals surface area contributed by atoms with Gasteiger partial charge in [-0.05, 0) is 26.4 Å². The van der Waals surface area contributed by atoms with Gasteiger partial charge in [-0.3, -0.25) is 0 Å². The second-order valence-corrected chi connectivity index (χ2v) is 4.26. The molecule has 0 saturated heterocycles. The van der Waals surface area contributed by atoms with Crippen molar-refractivity contribution in [3.63, 3.8) is 0 Å². The Hall–Kier alpha value is 0.420. The summed E-state index contributed by atoms with van der Waals surface area (Å²) in [5.41, 5.74) is 0. The number of nitrogens with zero attached hydrogens (tertiary/aromatic N) is 4. The highest BCUT2D eigenvalue weighted by Gasteiger charge is 2.26. The average molecular weight is 266 g/mol. The summed E-state index contributed by atoms with van der Waals surface area (Å²) in [6.45, 7) is 0. The number of tetrazole rings is 1. The Morgan fingerprint density at radius 3 is 2.20 bits per heavy atom. The zero-order valence-corrected chi connectivity index (χ0v) is 8.15. The van der Waals surface area contributed by atoms with Gasteiger partial charge in [0.15, 0.2) is 0 Å². The van der Waals surface area contributed by atoms with Gasteiger partial charge in [-0.1, -0.05) is 34.8 Å². The lowest BCUT2D eigenvalue weighted by molar-refractivity contribution is 0.625. The summed E-state index contributed by atoms with van der Waals surface area (Å²) in [5, 5.41) is 10.1. The summed E-state index contributed by atoms with van der Waals surface area (Å²) in [6, 6.07) is 0. The van der Waals surface area contributed by atoms with Crippen LogP contribution in [0.3, 0.4) is 0 Å². The van der Waals surface area contributed by atoms with Gasteiger partial charge >= 0.3 is 0 Å². The van der Waals surface area contributed by atoms with Gasteiger partial charge in [-0.2, -0.15) is 4.68 Å². The predicted octanol–water partition coefficient (Wildman–Crippen LogP) is 1.72. The number of rotatable bonds is 0. The van der Waals surface area contributed by atoms with Crippen molar-refractivity contribution < 1.29 is 0 Å². The quantitative estimate of drug-likeness (QED) is 0.672. The van der Waals surface area contributed by atoms with Crippen LogP contribution in [0, 0.1) is 0 Å². The normalized spacial score (nSPS) is 12.0. The average Bonchev–Trinajstić information content (AvgIpc) is 2.11. The van der Waals surface area contributed by atoms with Crippen LogP contribution in [-0.4, -0.2) is 20.2 Å². The molecule has 0 saturated carbocycles. The maximum Gasteiger partial charge on any atom is 0.290 e. The first kappa shape index (κ1) is 8.52. The van der Waals surface area contributed by atoms with E-state index in [1.807, 2.05) is 0 Å². The number of hydrogen-bond acceptors (Lipinski definition) is 3. The van der Waals surface area contributed by atoms with Crippen molar-refractivity contribution in [1.29, 1.82) is 0 Å². The van der Waals surface area contributed by atoms with Gasteiger partial charge in [-0.15, -0.1) is 5.10 Å². The van der Waals surface area contributed by atoms with Crippen LogP contribution in [-0.2, 0) is 3.92 Å². The van der Waals surface area contributed by atoms with Crippen molar-refractivity contribution in [3.8, 4) is 0 Å². The van der Waals surface area contributed by atoms with Gasteiger partial charge in [0.1, 0.15) is 0 Å². The van der Waals surface area contributed by atoms with E-state index in [1.165, 1.54) is 0 Å². The topological polar surface area (TPSA) is 43.6 Å². The molecule has 0 aliphatic heterocycles. The van der Waals surface area contributed by atoms with Gasteiger partial charge in [0.05, 0.1) is 0 Å². The molecule has 0 amide bonds. The predicted molar refractivity (Wildman–Crippen MR) is 41.0 cm³/mol. The first-order valence-corrected chi connectivity index (χ1v) is 3.95. The SMILES string of the molecule is ClC(Cl)(Cl)n1nnnc1Br. The van der Waals surface area contributed by atoms with Gasteiger partial charge in [0, 0.05) is 0 Å². The molecule has 56 valence electrons. The van der Waals surface area contributed by atoms with E-state index in [0.29, 0.717) is 0 Å². The van der Waals surface area contributed by atoms with E-state index in [-0.39, 0.29) is 4.73 Å². The summed E-state index contributed by atoms with van der Waals surface area (Å²) in [5.74, 6) is 0. The molecule has 0 aromatic carbocycles. The van der Waals surface area contributed by atoms with E-state index in [2.05, 4.69) is 31.5 Å². The van der Waals surface area contributed by atoms with E-state index in [1.54, 1.807) is 0 Å². The van der Waals surface area contributed by atoms with Crippen molar-refractivity contribution in [2.45, 2.75) is 3.92 Å². The van der Waals surface area contributed by atoms with Gasteiger partial charge < -0.3 is 0 Å². The third-order valence-corrected chi connectivity index (χ3v) is 1.65. The first-order chi connectivity index (χ1) is 4.52. The Morgan fingerprint density at radius 2 is 2.00 bits per heavy atom. The second-order valence-electron chi connectivity index (χ2n) is 1.33. The lowest BCUT2D eigenvalue weighted by atomic mass is 11.2. The number of alkyl halides is 3. The second kappa shape index (κ2) is 2.81. The molecule has 10 heavy (non-hydrogen) atoms. The Labute approximate surface area is 79.6 Å². The Balaban J connectivity index is 3.05. The minimum Gasteiger partial charge on any atom is -0.169 e. The molecular weight excluding hydrogens is 266 g/mol. The fourth-order valence-corrected chi connectivity index (χ4v) is 1.39. The molecule has 0 unspecified atom stereocenters. The van der Waals surface area contributed by atoms with Crippen LogP contribution < -0.4 is 0 Å². The molecule has 1 rings (SSSR count). The summed E-state index contributed by atoms with van der Waals surface area (Å²) < 4.78 is -0.354. The summed E-state index contributed by atoms with van der Waals surface area (Å²) in [4.78, 5) is 0. The van der Waals surface area contributed by atoms with Crippen LogP contribution in [0.2, 0.25) is 0 Å². The molecule has 8 heteroatoms. The maximum atomic E-state index is 5.43. The standard InChI is InChI=1S/C2BrCl3N4/c3-1-7-8-9-10(1)2(4,5)6. The highest BCUT2D eigenvalue weighted by Crippen LogP contribution is 2.32. The Kier molecular flexibility index (Phi) is 2.39. The highest BCUT2D eigenvalue weighted by molar-refractivity contribution is 9.10. The van der Waals surface area contributed by atoms with Crippen molar-refractivity contribution in [3.05, 3.63) is 4.73 Å². The van der Waals surface area contributed by atoms with E-state index >= 15 is 0 Å². The van der Waals surface area contributed by atoms with Crippen LogP contribution >= 0.6 is 50.7 Å². The smallest absolute Gasteiger partial charge is 0.169 e. The fourth-order valence-electron chi connectivity index (χ4n) is 0.331. The molecular formula is C2BrCl3N4. The molecule has 0 aliphatic carbocycles. The highest BCUT2D eigenvalue weighted by atomic mass is 79.9. The molecule has 0 aliphatic rings. The molecule has 0 N–H and O–H groups in total. The lowest BCUT2D eigenvalue weighted by Crippen LogP contribution is -2.14. The molecule has 1 heterocycles.